The second-order valence-corrected chi connectivity index (χ2v) is 9.35. The summed E-state index contributed by atoms with van der Waals surface area (Å²) in [5.74, 6) is -0.946. The second-order valence-electron chi connectivity index (χ2n) is 7.41. The normalized spacial score (nSPS) is 20.7. The number of sulfonamides is 1. The quantitative estimate of drug-likeness (QED) is 0.830. The van der Waals surface area contributed by atoms with Gasteiger partial charge in [-0.1, -0.05) is 19.9 Å². The van der Waals surface area contributed by atoms with Gasteiger partial charge in [-0.2, -0.15) is 4.31 Å². The number of hydrogen-bond acceptors (Lipinski definition) is 4. The van der Waals surface area contributed by atoms with Crippen LogP contribution in [0.4, 0.5) is 4.39 Å². The zero-order valence-corrected chi connectivity index (χ0v) is 16.7. The Kier molecular flexibility index (Phi) is 6.10. The molecule has 0 aliphatic carbocycles. The van der Waals surface area contributed by atoms with Crippen LogP contribution in [-0.2, 0) is 16.6 Å². The number of carbonyl (C=O) groups excluding carboxylic acids is 1. The molecule has 6 nitrogen and oxygen atoms in total. The van der Waals surface area contributed by atoms with Crippen LogP contribution < -0.4 is 5.32 Å². The minimum absolute atomic E-state index is 0.0711. The van der Waals surface area contributed by atoms with Gasteiger partial charge >= 0.3 is 0 Å². The summed E-state index contributed by atoms with van der Waals surface area (Å²) in [7, 11) is -3.79. The van der Waals surface area contributed by atoms with E-state index in [1.165, 1.54) is 10.4 Å². The fraction of sp³-hybridized carbons (Fsp3) is 0.400. The van der Waals surface area contributed by atoms with E-state index in [2.05, 4.69) is 10.3 Å². The molecule has 1 fully saturated rings. The van der Waals surface area contributed by atoms with E-state index < -0.39 is 21.7 Å². The van der Waals surface area contributed by atoms with E-state index in [4.69, 9.17) is 0 Å². The van der Waals surface area contributed by atoms with Crippen LogP contribution in [0.5, 0.6) is 0 Å². The number of amides is 1. The van der Waals surface area contributed by atoms with Gasteiger partial charge in [0.25, 0.3) is 5.91 Å². The number of nitrogens with zero attached hydrogens (tertiary/aromatic N) is 2. The van der Waals surface area contributed by atoms with Crippen LogP contribution in [0.2, 0.25) is 0 Å². The summed E-state index contributed by atoms with van der Waals surface area (Å²) in [6.07, 6.45) is 2.56. The number of pyridine rings is 1. The Labute approximate surface area is 164 Å². The van der Waals surface area contributed by atoms with Crippen LogP contribution in [0.15, 0.2) is 47.5 Å². The number of piperidine rings is 1. The third kappa shape index (κ3) is 4.56. The predicted molar refractivity (Wildman–Crippen MR) is 104 cm³/mol. The van der Waals surface area contributed by atoms with E-state index >= 15 is 0 Å². The number of carbonyl (C=O) groups is 1. The minimum Gasteiger partial charge on any atom is -0.346 e. The van der Waals surface area contributed by atoms with E-state index in [9.17, 15) is 17.6 Å². The largest absolute Gasteiger partial charge is 0.346 e. The van der Waals surface area contributed by atoms with Gasteiger partial charge in [-0.3, -0.25) is 9.78 Å². The first kappa shape index (κ1) is 20.4. The third-order valence-electron chi connectivity index (χ3n) is 4.81. The molecular weight excluding hydrogens is 381 g/mol. The molecule has 0 saturated carbocycles. The molecular formula is C20H24FN3O3S. The Balaban J connectivity index is 1.81. The molecule has 0 unspecified atom stereocenters. The van der Waals surface area contributed by atoms with Gasteiger partial charge in [0.15, 0.2) is 0 Å². The van der Waals surface area contributed by atoms with Gasteiger partial charge in [0.1, 0.15) is 5.82 Å². The first-order valence-electron chi connectivity index (χ1n) is 9.25. The van der Waals surface area contributed by atoms with Crippen LogP contribution in [0, 0.1) is 17.7 Å². The number of aromatic nitrogens is 1. The van der Waals surface area contributed by atoms with Crippen molar-refractivity contribution in [2.75, 3.05) is 13.1 Å². The maximum Gasteiger partial charge on any atom is 0.254 e. The molecule has 2 atom stereocenters. The lowest BCUT2D eigenvalue weighted by Gasteiger charge is -2.34. The van der Waals surface area contributed by atoms with Crippen molar-refractivity contribution in [3.63, 3.8) is 0 Å². The minimum atomic E-state index is -3.79. The smallest absolute Gasteiger partial charge is 0.254 e. The van der Waals surface area contributed by atoms with Crippen LogP contribution in [0.1, 0.15) is 36.3 Å². The lowest BCUT2D eigenvalue weighted by Crippen LogP contribution is -2.42. The van der Waals surface area contributed by atoms with E-state index in [0.717, 1.165) is 18.6 Å². The molecule has 1 aliphatic heterocycles. The molecule has 1 N–H and O–H groups in total. The molecule has 1 aromatic heterocycles. The number of hydrogen-bond donors (Lipinski definition) is 1. The Morgan fingerprint density at radius 3 is 2.57 bits per heavy atom. The fourth-order valence-corrected chi connectivity index (χ4v) is 5.27. The van der Waals surface area contributed by atoms with Crippen LogP contribution in [-0.4, -0.2) is 36.7 Å². The lowest BCUT2D eigenvalue weighted by atomic mass is 9.94. The summed E-state index contributed by atoms with van der Waals surface area (Å²) in [6.45, 7) is 4.99. The standard InChI is InChI=1S/C20H24FN3O3S/c1-14-9-15(2)13-24(12-14)28(26,27)17-6-7-19(21)18(10-17)20(25)23-11-16-5-3-4-8-22-16/h3-8,10,14-15H,9,11-13H2,1-2H3,(H,23,25)/t14-,15-/m0/s1. The van der Waals surface area contributed by atoms with Crippen molar-refractivity contribution in [2.24, 2.45) is 11.8 Å². The third-order valence-corrected chi connectivity index (χ3v) is 6.64. The highest BCUT2D eigenvalue weighted by molar-refractivity contribution is 7.89. The summed E-state index contributed by atoms with van der Waals surface area (Å²) in [5, 5.41) is 2.58. The topological polar surface area (TPSA) is 79.4 Å². The van der Waals surface area contributed by atoms with E-state index in [-0.39, 0.29) is 28.8 Å². The predicted octanol–water partition coefficient (Wildman–Crippen LogP) is 2.82. The molecule has 28 heavy (non-hydrogen) atoms. The van der Waals surface area contributed by atoms with Crippen molar-refractivity contribution in [1.82, 2.24) is 14.6 Å². The van der Waals surface area contributed by atoms with Gasteiger partial charge in [0, 0.05) is 19.3 Å². The highest BCUT2D eigenvalue weighted by atomic mass is 32.2. The second kappa shape index (κ2) is 8.36. The average molecular weight is 405 g/mol. The molecule has 150 valence electrons. The van der Waals surface area contributed by atoms with Gasteiger partial charge in [-0.05, 0) is 48.6 Å². The Hall–Kier alpha value is -2.32. The van der Waals surface area contributed by atoms with Gasteiger partial charge in [-0.25, -0.2) is 12.8 Å². The molecule has 1 aliphatic rings. The van der Waals surface area contributed by atoms with E-state index in [1.807, 2.05) is 13.8 Å². The highest BCUT2D eigenvalue weighted by Crippen LogP contribution is 2.27. The average Bonchev–Trinajstić information content (AvgIpc) is 2.66. The first-order valence-corrected chi connectivity index (χ1v) is 10.7. The number of rotatable bonds is 5. The number of nitrogens with one attached hydrogen (secondary N) is 1. The molecule has 0 bridgehead atoms. The van der Waals surface area contributed by atoms with Crippen molar-refractivity contribution in [3.05, 3.63) is 59.7 Å². The number of benzene rings is 1. The summed E-state index contributed by atoms with van der Waals surface area (Å²) in [6, 6.07) is 8.62. The molecule has 1 saturated heterocycles. The van der Waals surface area contributed by atoms with Crippen LogP contribution >= 0.6 is 0 Å². The summed E-state index contributed by atoms with van der Waals surface area (Å²) < 4.78 is 41.7. The first-order chi connectivity index (χ1) is 13.3. The van der Waals surface area contributed by atoms with Gasteiger partial charge in [0.2, 0.25) is 10.0 Å². The summed E-state index contributed by atoms with van der Waals surface area (Å²) in [5.41, 5.74) is 0.325. The summed E-state index contributed by atoms with van der Waals surface area (Å²) >= 11 is 0. The molecule has 1 amide bonds. The summed E-state index contributed by atoms with van der Waals surface area (Å²) in [4.78, 5) is 16.4. The SMILES string of the molecule is C[C@H]1C[C@H](C)CN(S(=O)(=O)c2ccc(F)c(C(=O)NCc3ccccn3)c2)C1. The molecule has 0 spiro atoms. The van der Waals surface area contributed by atoms with E-state index in [1.54, 1.807) is 24.4 Å². The van der Waals surface area contributed by atoms with Gasteiger partial charge < -0.3 is 5.32 Å². The monoisotopic (exact) mass is 405 g/mol. The van der Waals surface area contributed by atoms with Gasteiger partial charge in [-0.15, -0.1) is 0 Å². The Bertz CT molecular complexity index is 940. The molecule has 3 rings (SSSR count). The Morgan fingerprint density at radius 2 is 1.93 bits per heavy atom. The molecule has 2 aromatic rings. The zero-order valence-electron chi connectivity index (χ0n) is 15.9. The van der Waals surface area contributed by atoms with Crippen molar-refractivity contribution < 1.29 is 17.6 Å². The van der Waals surface area contributed by atoms with Crippen LogP contribution in [0.25, 0.3) is 0 Å². The zero-order chi connectivity index (χ0) is 20.3. The molecule has 8 heteroatoms. The maximum atomic E-state index is 14.2. The fourth-order valence-electron chi connectivity index (χ4n) is 3.56. The van der Waals surface area contributed by atoms with Crippen molar-refractivity contribution >= 4 is 15.9 Å². The van der Waals surface area contributed by atoms with Crippen LogP contribution in [0.3, 0.4) is 0 Å². The van der Waals surface area contributed by atoms with E-state index in [0.29, 0.717) is 18.8 Å². The molecule has 0 radical (unpaired) electrons. The molecule has 2 heterocycles. The Morgan fingerprint density at radius 1 is 1.21 bits per heavy atom. The van der Waals surface area contributed by atoms with Crippen molar-refractivity contribution in [1.29, 1.82) is 0 Å². The lowest BCUT2D eigenvalue weighted by molar-refractivity contribution is 0.0946. The molecule has 1 aromatic carbocycles. The highest BCUT2D eigenvalue weighted by Gasteiger charge is 2.32. The van der Waals surface area contributed by atoms with Crippen molar-refractivity contribution in [2.45, 2.75) is 31.7 Å². The van der Waals surface area contributed by atoms with Crippen molar-refractivity contribution in [3.8, 4) is 0 Å². The number of halogens is 1. The van der Waals surface area contributed by atoms with Gasteiger partial charge in [0.05, 0.1) is 22.7 Å². The maximum absolute atomic E-state index is 14.2.